The van der Waals surface area contributed by atoms with Crippen LogP contribution in [0.25, 0.3) is 10.2 Å². The molecule has 0 atom stereocenters. The predicted molar refractivity (Wildman–Crippen MR) is 92.3 cm³/mol. The van der Waals surface area contributed by atoms with Crippen molar-refractivity contribution < 1.29 is 4.79 Å². The molecular formula is C16H21N5OS. The minimum Gasteiger partial charge on any atom is -0.356 e. The van der Waals surface area contributed by atoms with Crippen LogP contribution >= 0.6 is 11.3 Å². The Kier molecular flexibility index (Phi) is 3.80. The predicted octanol–water partition coefficient (Wildman–Crippen LogP) is 2.08. The monoisotopic (exact) mass is 331 g/mol. The number of carbonyl (C=O) groups excluding carboxylic acids is 1. The summed E-state index contributed by atoms with van der Waals surface area (Å²) in [5.41, 5.74) is 1.48. The van der Waals surface area contributed by atoms with E-state index in [1.807, 2.05) is 11.3 Å². The average molecular weight is 331 g/mol. The van der Waals surface area contributed by atoms with E-state index in [1.54, 1.807) is 13.4 Å². The molecule has 0 unspecified atom stereocenters. The number of fused-ring (bicyclic) bond motifs is 3. The molecule has 7 heteroatoms. The number of nitrogens with zero attached hydrogens (tertiary/aromatic N) is 3. The third-order valence-electron chi connectivity index (χ3n) is 4.84. The van der Waals surface area contributed by atoms with E-state index in [1.165, 1.54) is 28.7 Å². The Morgan fingerprint density at radius 1 is 1.30 bits per heavy atom. The molecule has 1 saturated heterocycles. The number of carbonyl (C=O) groups is 1. The second-order valence-electron chi connectivity index (χ2n) is 6.22. The van der Waals surface area contributed by atoms with Crippen LogP contribution < -0.4 is 15.5 Å². The highest BCUT2D eigenvalue weighted by atomic mass is 32.1. The van der Waals surface area contributed by atoms with Crippen molar-refractivity contribution in [3.63, 3.8) is 0 Å². The lowest BCUT2D eigenvalue weighted by Gasteiger charge is -2.33. The van der Waals surface area contributed by atoms with Gasteiger partial charge in [-0.3, -0.25) is 0 Å². The lowest BCUT2D eigenvalue weighted by atomic mass is 10.0. The van der Waals surface area contributed by atoms with Crippen molar-refractivity contribution >= 4 is 33.4 Å². The van der Waals surface area contributed by atoms with Crippen molar-refractivity contribution in [3.05, 3.63) is 16.8 Å². The van der Waals surface area contributed by atoms with E-state index in [2.05, 4.69) is 25.5 Å². The van der Waals surface area contributed by atoms with Crippen LogP contribution in [-0.4, -0.2) is 42.2 Å². The van der Waals surface area contributed by atoms with Crippen LogP contribution in [0.4, 0.5) is 10.6 Å². The minimum atomic E-state index is -0.0940. The maximum absolute atomic E-state index is 11.4. The van der Waals surface area contributed by atoms with Gasteiger partial charge >= 0.3 is 6.03 Å². The first-order valence-corrected chi connectivity index (χ1v) is 9.06. The fourth-order valence-electron chi connectivity index (χ4n) is 3.64. The van der Waals surface area contributed by atoms with Crippen LogP contribution in [0, 0.1) is 0 Å². The van der Waals surface area contributed by atoms with Crippen LogP contribution in [0.3, 0.4) is 0 Å². The van der Waals surface area contributed by atoms with Gasteiger partial charge in [-0.1, -0.05) is 0 Å². The normalized spacial score (nSPS) is 18.2. The van der Waals surface area contributed by atoms with Gasteiger partial charge in [0.05, 0.1) is 5.39 Å². The molecule has 1 aliphatic heterocycles. The molecule has 2 N–H and O–H groups in total. The zero-order chi connectivity index (χ0) is 15.8. The zero-order valence-electron chi connectivity index (χ0n) is 13.3. The molecule has 2 aliphatic rings. The maximum Gasteiger partial charge on any atom is 0.314 e. The van der Waals surface area contributed by atoms with Gasteiger partial charge in [0, 0.05) is 31.1 Å². The van der Waals surface area contributed by atoms with E-state index < -0.39 is 0 Å². The van der Waals surface area contributed by atoms with Crippen molar-refractivity contribution in [2.24, 2.45) is 0 Å². The van der Waals surface area contributed by atoms with Gasteiger partial charge in [0.2, 0.25) is 0 Å². The van der Waals surface area contributed by atoms with Crippen LogP contribution in [0.2, 0.25) is 0 Å². The molecule has 122 valence electrons. The summed E-state index contributed by atoms with van der Waals surface area (Å²) in [6, 6.07) is 0.153. The number of thiophene rings is 1. The summed E-state index contributed by atoms with van der Waals surface area (Å²) < 4.78 is 0. The van der Waals surface area contributed by atoms with Crippen molar-refractivity contribution in [2.45, 2.75) is 38.1 Å². The van der Waals surface area contributed by atoms with Crippen LogP contribution in [0.5, 0.6) is 0 Å². The SMILES string of the molecule is CNC(=O)NC1CCN(c2ncnc3sc4c(c23)CCC4)CC1. The number of aromatic nitrogens is 2. The lowest BCUT2D eigenvalue weighted by molar-refractivity contribution is 0.236. The number of piperidine rings is 1. The number of amides is 2. The second kappa shape index (κ2) is 5.96. The minimum absolute atomic E-state index is 0.0940. The molecule has 3 heterocycles. The van der Waals surface area contributed by atoms with Gasteiger partial charge in [0.1, 0.15) is 17.0 Å². The molecule has 1 fully saturated rings. The number of hydrogen-bond acceptors (Lipinski definition) is 5. The number of rotatable bonds is 2. The third kappa shape index (κ3) is 2.63. The van der Waals surface area contributed by atoms with E-state index >= 15 is 0 Å². The van der Waals surface area contributed by atoms with Crippen molar-refractivity contribution in [1.29, 1.82) is 0 Å². The number of urea groups is 1. The fourth-order valence-corrected chi connectivity index (χ4v) is 4.87. The number of anilines is 1. The molecule has 1 aliphatic carbocycles. The van der Waals surface area contributed by atoms with Crippen molar-refractivity contribution in [3.8, 4) is 0 Å². The van der Waals surface area contributed by atoms with Gasteiger partial charge in [0.15, 0.2) is 0 Å². The first-order valence-electron chi connectivity index (χ1n) is 8.24. The zero-order valence-corrected chi connectivity index (χ0v) is 14.1. The summed E-state index contributed by atoms with van der Waals surface area (Å²) in [6.07, 6.45) is 7.19. The Morgan fingerprint density at radius 3 is 2.91 bits per heavy atom. The Hall–Kier alpha value is -1.89. The molecule has 6 nitrogen and oxygen atoms in total. The summed E-state index contributed by atoms with van der Waals surface area (Å²) in [5, 5.41) is 6.91. The number of aryl methyl sites for hydroxylation is 2. The molecule has 2 amide bonds. The molecule has 4 rings (SSSR count). The Bertz CT molecular complexity index is 735. The molecular weight excluding hydrogens is 310 g/mol. The highest BCUT2D eigenvalue weighted by Crippen LogP contribution is 2.40. The summed E-state index contributed by atoms with van der Waals surface area (Å²) in [6.45, 7) is 1.84. The number of hydrogen-bond donors (Lipinski definition) is 2. The summed E-state index contributed by atoms with van der Waals surface area (Å²) in [4.78, 5) is 25.5. The summed E-state index contributed by atoms with van der Waals surface area (Å²) >= 11 is 1.83. The summed E-state index contributed by atoms with van der Waals surface area (Å²) in [5.74, 6) is 1.09. The molecule has 0 aromatic carbocycles. The second-order valence-corrected chi connectivity index (χ2v) is 7.30. The van der Waals surface area contributed by atoms with Gasteiger partial charge in [-0.2, -0.15) is 0 Å². The highest BCUT2D eigenvalue weighted by molar-refractivity contribution is 7.19. The van der Waals surface area contributed by atoms with E-state index in [9.17, 15) is 4.79 Å². The topological polar surface area (TPSA) is 70.2 Å². The van der Waals surface area contributed by atoms with E-state index in [4.69, 9.17) is 0 Å². The molecule has 0 radical (unpaired) electrons. The van der Waals surface area contributed by atoms with Crippen LogP contribution in [0.1, 0.15) is 29.7 Å². The quantitative estimate of drug-likeness (QED) is 0.884. The first kappa shape index (κ1) is 14.7. The van der Waals surface area contributed by atoms with Gasteiger partial charge in [0.25, 0.3) is 0 Å². The molecule has 2 aromatic heterocycles. The van der Waals surface area contributed by atoms with E-state index in [0.717, 1.165) is 43.0 Å². The molecule has 0 bridgehead atoms. The van der Waals surface area contributed by atoms with Gasteiger partial charge in [-0.25, -0.2) is 14.8 Å². The van der Waals surface area contributed by atoms with Gasteiger partial charge in [-0.05, 0) is 37.7 Å². The molecule has 0 saturated carbocycles. The van der Waals surface area contributed by atoms with Crippen LogP contribution in [0.15, 0.2) is 6.33 Å². The largest absolute Gasteiger partial charge is 0.356 e. The standard InChI is InChI=1S/C16H21N5OS/c1-17-16(22)20-10-5-7-21(8-6-10)14-13-11-3-2-4-12(11)23-15(13)19-9-18-14/h9-10H,2-8H2,1H3,(H2,17,20,22). The first-order chi connectivity index (χ1) is 11.3. The number of nitrogens with one attached hydrogen (secondary N) is 2. The molecule has 0 spiro atoms. The van der Waals surface area contributed by atoms with Crippen LogP contribution in [-0.2, 0) is 12.8 Å². The molecule has 23 heavy (non-hydrogen) atoms. The van der Waals surface area contributed by atoms with E-state index in [0.29, 0.717) is 0 Å². The Morgan fingerprint density at radius 2 is 2.13 bits per heavy atom. The Balaban J connectivity index is 1.56. The van der Waals surface area contributed by atoms with Gasteiger partial charge < -0.3 is 15.5 Å². The fraction of sp³-hybridized carbons (Fsp3) is 0.562. The van der Waals surface area contributed by atoms with Crippen molar-refractivity contribution in [2.75, 3.05) is 25.0 Å². The molecule has 2 aromatic rings. The van der Waals surface area contributed by atoms with Gasteiger partial charge in [-0.15, -0.1) is 11.3 Å². The van der Waals surface area contributed by atoms with Crippen molar-refractivity contribution in [1.82, 2.24) is 20.6 Å². The summed E-state index contributed by atoms with van der Waals surface area (Å²) in [7, 11) is 1.65. The highest BCUT2D eigenvalue weighted by Gasteiger charge is 2.26. The Labute approximate surface area is 139 Å². The lowest BCUT2D eigenvalue weighted by Crippen LogP contribution is -2.47. The average Bonchev–Trinajstić information content (AvgIpc) is 3.16. The third-order valence-corrected chi connectivity index (χ3v) is 6.04. The smallest absolute Gasteiger partial charge is 0.314 e. The van der Waals surface area contributed by atoms with E-state index in [-0.39, 0.29) is 12.1 Å². The maximum atomic E-state index is 11.4.